The first-order valence-electron chi connectivity index (χ1n) is 13.3. The number of Topliss-reactive ketones (excluding diaryl/α,β-unsaturated/α-hetero) is 2. The highest BCUT2D eigenvalue weighted by Crippen LogP contribution is 2.37. The van der Waals surface area contributed by atoms with E-state index in [2.05, 4.69) is 24.5 Å². The normalized spacial score (nSPS) is 14.0. The van der Waals surface area contributed by atoms with Crippen LogP contribution in [0.1, 0.15) is 111 Å². The van der Waals surface area contributed by atoms with Crippen LogP contribution in [-0.4, -0.2) is 35.2 Å². The number of rotatable bonds is 14. The fourth-order valence-corrected chi connectivity index (χ4v) is 4.78. The molecule has 2 aromatic carbocycles. The molecule has 0 spiro atoms. The van der Waals surface area contributed by atoms with Gasteiger partial charge in [0.2, 0.25) is 0 Å². The molecule has 0 aliphatic heterocycles. The molecule has 0 fully saturated rings. The number of nitrogens with one attached hydrogen (secondary N) is 2. The van der Waals surface area contributed by atoms with Gasteiger partial charge in [-0.2, -0.15) is 0 Å². The average Bonchev–Trinajstić information content (AvgIpc) is 2.91. The van der Waals surface area contributed by atoms with Gasteiger partial charge in [0.1, 0.15) is 0 Å². The molecule has 2 aromatic rings. The quantitative estimate of drug-likeness (QED) is 0.273. The fourth-order valence-electron chi connectivity index (χ4n) is 4.78. The summed E-state index contributed by atoms with van der Waals surface area (Å²) in [6.07, 6.45) is 5.73. The molecule has 0 heterocycles. The van der Waals surface area contributed by atoms with Crippen molar-refractivity contribution in [3.63, 3.8) is 0 Å². The Kier molecular flexibility index (Phi) is 9.57. The molecule has 0 radical (unpaired) electrons. The predicted molar refractivity (Wildman–Crippen MR) is 144 cm³/mol. The maximum absolute atomic E-state index is 13.7. The summed E-state index contributed by atoms with van der Waals surface area (Å²) in [5, 5.41) is 6.61. The zero-order valence-electron chi connectivity index (χ0n) is 21.9. The molecular formula is C30H38N2O4. The zero-order valence-corrected chi connectivity index (χ0v) is 21.9. The van der Waals surface area contributed by atoms with Gasteiger partial charge in [0.15, 0.2) is 23.1 Å². The smallest absolute Gasteiger partial charge is 0.196 e. The van der Waals surface area contributed by atoms with E-state index < -0.39 is 12.1 Å². The minimum Gasteiger partial charge on any atom is -0.375 e. The molecule has 0 bridgehead atoms. The average molecular weight is 491 g/mol. The number of carbonyl (C=O) groups is 4. The summed E-state index contributed by atoms with van der Waals surface area (Å²) >= 11 is 0. The van der Waals surface area contributed by atoms with Crippen molar-refractivity contribution in [3.05, 3.63) is 58.7 Å². The molecule has 1 aliphatic rings. The lowest BCUT2D eigenvalue weighted by Gasteiger charge is -2.27. The van der Waals surface area contributed by atoms with E-state index in [-0.39, 0.29) is 34.3 Å². The van der Waals surface area contributed by atoms with E-state index in [0.717, 1.165) is 25.7 Å². The Morgan fingerprint density at radius 2 is 1.06 bits per heavy atom. The number of hydrogen-bond acceptors (Lipinski definition) is 6. The summed E-state index contributed by atoms with van der Waals surface area (Å²) in [7, 11) is 0. The van der Waals surface area contributed by atoms with Gasteiger partial charge >= 0.3 is 0 Å². The van der Waals surface area contributed by atoms with Crippen LogP contribution in [0, 0.1) is 0 Å². The Bertz CT molecular complexity index is 1050. The van der Waals surface area contributed by atoms with Crippen molar-refractivity contribution in [2.75, 3.05) is 10.6 Å². The summed E-state index contributed by atoms with van der Waals surface area (Å²) in [5.74, 6) is -0.363. The van der Waals surface area contributed by atoms with Crippen LogP contribution >= 0.6 is 0 Å². The molecule has 0 amide bonds. The molecule has 1 aliphatic carbocycles. The molecule has 6 nitrogen and oxygen atoms in total. The summed E-state index contributed by atoms with van der Waals surface area (Å²) < 4.78 is 0. The SMILES string of the molecule is CCCCC(Nc1ccc(NC(CCCC)C(=O)CC)c2c1C(=O)c1ccccc1C2=O)C(=O)CC. The summed E-state index contributed by atoms with van der Waals surface area (Å²) in [6, 6.07) is 9.47. The van der Waals surface area contributed by atoms with Crippen molar-refractivity contribution >= 4 is 34.5 Å². The first kappa shape index (κ1) is 27.3. The molecular weight excluding hydrogens is 452 g/mol. The third-order valence-corrected chi connectivity index (χ3v) is 6.90. The minimum atomic E-state index is -0.433. The Labute approximate surface area is 214 Å². The van der Waals surface area contributed by atoms with Crippen LogP contribution in [0.3, 0.4) is 0 Å². The zero-order chi connectivity index (χ0) is 26.2. The highest BCUT2D eigenvalue weighted by Gasteiger charge is 2.35. The van der Waals surface area contributed by atoms with Gasteiger partial charge in [-0.3, -0.25) is 19.2 Å². The van der Waals surface area contributed by atoms with Crippen LogP contribution in [0.15, 0.2) is 36.4 Å². The predicted octanol–water partition coefficient (Wildman–Crippen LogP) is 6.36. The lowest BCUT2D eigenvalue weighted by atomic mass is 9.82. The lowest BCUT2D eigenvalue weighted by Crippen LogP contribution is -2.33. The van der Waals surface area contributed by atoms with E-state index in [1.54, 1.807) is 36.4 Å². The van der Waals surface area contributed by atoms with E-state index in [0.29, 0.717) is 48.2 Å². The monoisotopic (exact) mass is 490 g/mol. The van der Waals surface area contributed by atoms with E-state index >= 15 is 0 Å². The molecule has 0 saturated carbocycles. The number of anilines is 2. The van der Waals surface area contributed by atoms with Gasteiger partial charge in [-0.15, -0.1) is 0 Å². The van der Waals surface area contributed by atoms with E-state index in [1.807, 2.05) is 13.8 Å². The highest BCUT2D eigenvalue weighted by atomic mass is 16.1. The molecule has 0 aromatic heterocycles. The van der Waals surface area contributed by atoms with Crippen LogP contribution in [-0.2, 0) is 9.59 Å². The van der Waals surface area contributed by atoms with E-state index in [9.17, 15) is 19.2 Å². The number of hydrogen-bond donors (Lipinski definition) is 2. The van der Waals surface area contributed by atoms with Crippen LogP contribution in [0.5, 0.6) is 0 Å². The minimum absolute atomic E-state index is 0.0718. The maximum Gasteiger partial charge on any atom is 0.196 e. The van der Waals surface area contributed by atoms with E-state index in [1.165, 1.54) is 0 Å². The van der Waals surface area contributed by atoms with Gasteiger partial charge in [-0.1, -0.05) is 77.6 Å². The third-order valence-electron chi connectivity index (χ3n) is 6.90. The molecule has 3 rings (SSSR count). The molecule has 2 N–H and O–H groups in total. The lowest BCUT2D eigenvalue weighted by molar-refractivity contribution is -0.120. The van der Waals surface area contributed by atoms with Crippen molar-refractivity contribution in [1.82, 2.24) is 0 Å². The molecule has 2 unspecified atom stereocenters. The van der Waals surface area contributed by atoms with Crippen LogP contribution in [0.4, 0.5) is 11.4 Å². The second-order valence-corrected chi connectivity index (χ2v) is 9.43. The van der Waals surface area contributed by atoms with Crippen molar-refractivity contribution < 1.29 is 19.2 Å². The largest absolute Gasteiger partial charge is 0.375 e. The number of unbranched alkanes of at least 4 members (excludes halogenated alkanes) is 2. The van der Waals surface area contributed by atoms with Gasteiger partial charge in [-0.05, 0) is 25.0 Å². The third kappa shape index (κ3) is 5.75. The number of fused-ring (bicyclic) bond motifs is 2. The Balaban J connectivity index is 2.13. The molecule has 2 atom stereocenters. The Morgan fingerprint density at radius 3 is 1.39 bits per heavy atom. The van der Waals surface area contributed by atoms with Gasteiger partial charge in [0, 0.05) is 35.3 Å². The van der Waals surface area contributed by atoms with Gasteiger partial charge in [0.25, 0.3) is 0 Å². The second-order valence-electron chi connectivity index (χ2n) is 9.43. The van der Waals surface area contributed by atoms with Crippen molar-refractivity contribution in [2.45, 2.75) is 91.1 Å². The molecule has 6 heteroatoms. The topological polar surface area (TPSA) is 92.3 Å². The standard InChI is InChI=1S/C30H38N2O4/c1-5-9-15-21(25(33)7-3)31-23-17-18-24(32-22(16-10-6-2)26(34)8-4)28-27(23)29(35)19-13-11-12-14-20(19)30(28)36/h11-14,17-18,21-22,31-32H,5-10,15-16H2,1-4H3. The van der Waals surface area contributed by atoms with Crippen molar-refractivity contribution in [2.24, 2.45) is 0 Å². The van der Waals surface area contributed by atoms with Crippen molar-refractivity contribution in [1.29, 1.82) is 0 Å². The van der Waals surface area contributed by atoms with Gasteiger partial charge < -0.3 is 10.6 Å². The number of benzene rings is 2. The molecule has 192 valence electrons. The molecule has 36 heavy (non-hydrogen) atoms. The first-order valence-corrected chi connectivity index (χ1v) is 13.3. The number of carbonyl (C=O) groups excluding carboxylic acids is 4. The number of ketones is 4. The maximum atomic E-state index is 13.7. The summed E-state index contributed by atoms with van der Waals surface area (Å²) in [4.78, 5) is 52.9. The van der Waals surface area contributed by atoms with Crippen molar-refractivity contribution in [3.8, 4) is 0 Å². The summed E-state index contributed by atoms with van der Waals surface area (Å²) in [5.41, 5.74) is 2.22. The van der Waals surface area contributed by atoms with Crippen LogP contribution in [0.25, 0.3) is 0 Å². The van der Waals surface area contributed by atoms with Crippen LogP contribution in [0.2, 0.25) is 0 Å². The van der Waals surface area contributed by atoms with Gasteiger partial charge in [-0.25, -0.2) is 0 Å². The van der Waals surface area contributed by atoms with Crippen LogP contribution < -0.4 is 10.6 Å². The van der Waals surface area contributed by atoms with E-state index in [4.69, 9.17) is 0 Å². The molecule has 0 saturated heterocycles. The first-order chi connectivity index (χ1) is 17.4. The fraction of sp³-hybridized carbons (Fsp3) is 0.467. The Hall–Kier alpha value is -3.28. The Morgan fingerprint density at radius 1 is 0.667 bits per heavy atom. The van der Waals surface area contributed by atoms with Gasteiger partial charge in [0.05, 0.1) is 23.2 Å². The summed E-state index contributed by atoms with van der Waals surface area (Å²) in [6.45, 7) is 7.80. The second kappa shape index (κ2) is 12.6. The highest BCUT2D eigenvalue weighted by molar-refractivity contribution is 6.32.